The Balaban J connectivity index is 1.57. The second-order valence-electron chi connectivity index (χ2n) is 5.17. The highest BCUT2D eigenvalue weighted by Crippen LogP contribution is 2.10. The normalized spacial score (nSPS) is 10.8. The van der Waals surface area contributed by atoms with Gasteiger partial charge in [-0.2, -0.15) is 5.10 Å². The van der Waals surface area contributed by atoms with Gasteiger partial charge >= 0.3 is 0 Å². The molecule has 6 heteroatoms. The van der Waals surface area contributed by atoms with Crippen LogP contribution in [0.3, 0.4) is 0 Å². The third-order valence-electron chi connectivity index (χ3n) is 3.41. The Bertz CT molecular complexity index is 859. The van der Waals surface area contributed by atoms with Crippen molar-refractivity contribution in [1.29, 1.82) is 0 Å². The van der Waals surface area contributed by atoms with Crippen LogP contribution < -0.4 is 11.0 Å². The Labute approximate surface area is 139 Å². The van der Waals surface area contributed by atoms with E-state index in [1.54, 1.807) is 6.21 Å². The van der Waals surface area contributed by atoms with Gasteiger partial charge in [0, 0.05) is 11.8 Å². The number of rotatable bonds is 6. The molecule has 0 aliphatic heterocycles. The van der Waals surface area contributed by atoms with Crippen molar-refractivity contribution in [2.45, 2.75) is 12.8 Å². The molecule has 0 saturated heterocycles. The molecule has 3 aromatic rings. The molecule has 3 rings (SSSR count). The van der Waals surface area contributed by atoms with Crippen molar-refractivity contribution in [3.05, 3.63) is 76.6 Å². The largest absolute Gasteiger partial charge is 0.288 e. The van der Waals surface area contributed by atoms with E-state index in [1.807, 2.05) is 48.5 Å². The van der Waals surface area contributed by atoms with Crippen LogP contribution in [-0.2, 0) is 6.42 Å². The molecule has 0 saturated carbocycles. The average molecular weight is 319 g/mol. The molecule has 0 radical (unpaired) electrons. The van der Waals surface area contributed by atoms with Gasteiger partial charge in [0.05, 0.1) is 0 Å². The van der Waals surface area contributed by atoms with Gasteiger partial charge in [0.25, 0.3) is 5.56 Å². The van der Waals surface area contributed by atoms with Crippen LogP contribution >= 0.6 is 0 Å². The van der Waals surface area contributed by atoms with Gasteiger partial charge in [-0.05, 0) is 18.4 Å². The van der Waals surface area contributed by atoms with Crippen LogP contribution in [0.1, 0.15) is 12.0 Å². The molecule has 6 nitrogen and oxygen atoms in total. The van der Waals surface area contributed by atoms with Crippen molar-refractivity contribution in [2.24, 2.45) is 5.10 Å². The SMILES string of the molecule is O=c1[nH]c(N/N=C/CCc2ccccc2)nnc1-c1ccccc1. The maximum Gasteiger partial charge on any atom is 0.279 e. The molecule has 2 N–H and O–H groups in total. The van der Waals surface area contributed by atoms with E-state index in [9.17, 15) is 4.79 Å². The van der Waals surface area contributed by atoms with Crippen LogP contribution in [0.15, 0.2) is 70.6 Å². The lowest BCUT2D eigenvalue weighted by Crippen LogP contribution is -2.15. The number of aromatic nitrogens is 3. The molecule has 0 unspecified atom stereocenters. The van der Waals surface area contributed by atoms with Crippen LogP contribution in [0.5, 0.6) is 0 Å². The molecular weight excluding hydrogens is 302 g/mol. The molecule has 0 spiro atoms. The first-order valence-electron chi connectivity index (χ1n) is 7.67. The summed E-state index contributed by atoms with van der Waals surface area (Å²) in [5, 5.41) is 12.0. The zero-order chi connectivity index (χ0) is 16.6. The lowest BCUT2D eigenvalue weighted by Gasteiger charge is -2.01. The van der Waals surface area contributed by atoms with Crippen LogP contribution in [0.2, 0.25) is 0 Å². The average Bonchev–Trinajstić information content (AvgIpc) is 2.63. The summed E-state index contributed by atoms with van der Waals surface area (Å²) in [6.45, 7) is 0. The second-order valence-corrected chi connectivity index (χ2v) is 5.17. The first kappa shape index (κ1) is 15.6. The number of aryl methyl sites for hydroxylation is 1. The van der Waals surface area contributed by atoms with E-state index >= 15 is 0 Å². The first-order valence-corrected chi connectivity index (χ1v) is 7.67. The van der Waals surface area contributed by atoms with Gasteiger partial charge < -0.3 is 0 Å². The minimum Gasteiger partial charge on any atom is -0.288 e. The van der Waals surface area contributed by atoms with Crippen molar-refractivity contribution in [3.63, 3.8) is 0 Å². The van der Waals surface area contributed by atoms with E-state index in [4.69, 9.17) is 0 Å². The number of hydrogen-bond acceptors (Lipinski definition) is 5. The van der Waals surface area contributed by atoms with E-state index in [1.165, 1.54) is 5.56 Å². The second kappa shape index (κ2) is 7.82. The summed E-state index contributed by atoms with van der Waals surface area (Å²) in [6.07, 6.45) is 3.44. The zero-order valence-electron chi connectivity index (χ0n) is 13.0. The third kappa shape index (κ3) is 4.13. The van der Waals surface area contributed by atoms with E-state index in [0.717, 1.165) is 18.4 Å². The molecule has 0 fully saturated rings. The van der Waals surface area contributed by atoms with Crippen molar-refractivity contribution in [3.8, 4) is 11.3 Å². The zero-order valence-corrected chi connectivity index (χ0v) is 13.0. The van der Waals surface area contributed by atoms with Crippen LogP contribution in [-0.4, -0.2) is 21.4 Å². The summed E-state index contributed by atoms with van der Waals surface area (Å²) in [7, 11) is 0. The Morgan fingerprint density at radius 2 is 1.71 bits per heavy atom. The summed E-state index contributed by atoms with van der Waals surface area (Å²) >= 11 is 0. The highest BCUT2D eigenvalue weighted by Gasteiger charge is 2.06. The minimum absolute atomic E-state index is 0.218. The number of hydrazone groups is 1. The summed E-state index contributed by atoms with van der Waals surface area (Å²) in [5.41, 5.74) is 4.65. The standard InChI is InChI=1S/C18H17N5O/c24-17-16(15-11-5-2-6-12-15)21-23-18(20-17)22-19-13-7-10-14-8-3-1-4-9-14/h1-6,8-9,11-13H,7,10H2,(H2,20,22,23,24)/b19-13+. The van der Waals surface area contributed by atoms with Crippen molar-refractivity contribution in [1.82, 2.24) is 15.2 Å². The van der Waals surface area contributed by atoms with Crippen LogP contribution in [0.25, 0.3) is 11.3 Å². The topological polar surface area (TPSA) is 83.0 Å². The fourth-order valence-electron chi connectivity index (χ4n) is 2.22. The molecule has 1 heterocycles. The molecule has 0 atom stereocenters. The number of nitrogens with one attached hydrogen (secondary N) is 2. The number of aromatic amines is 1. The Hall–Kier alpha value is -3.28. The lowest BCUT2D eigenvalue weighted by molar-refractivity contribution is 0.944. The Kier molecular flexibility index (Phi) is 5.09. The summed E-state index contributed by atoms with van der Waals surface area (Å²) < 4.78 is 0. The number of H-pyrrole nitrogens is 1. The van der Waals surface area contributed by atoms with Gasteiger partial charge in [-0.25, -0.2) is 5.43 Å². The molecule has 0 amide bonds. The van der Waals surface area contributed by atoms with Gasteiger partial charge in [0.1, 0.15) is 0 Å². The Morgan fingerprint density at radius 1 is 1.00 bits per heavy atom. The molecule has 0 bridgehead atoms. The summed E-state index contributed by atoms with van der Waals surface area (Å²) in [5.74, 6) is 0.218. The summed E-state index contributed by atoms with van der Waals surface area (Å²) in [4.78, 5) is 14.7. The molecule has 1 aromatic heterocycles. The molecule has 0 aliphatic carbocycles. The smallest absolute Gasteiger partial charge is 0.279 e. The third-order valence-corrected chi connectivity index (χ3v) is 3.41. The molecular formula is C18H17N5O. The van der Waals surface area contributed by atoms with Crippen molar-refractivity contribution < 1.29 is 0 Å². The predicted octanol–water partition coefficient (Wildman–Crippen LogP) is 2.86. The first-order chi connectivity index (χ1) is 11.8. The van der Waals surface area contributed by atoms with E-state index < -0.39 is 0 Å². The monoisotopic (exact) mass is 319 g/mol. The van der Waals surface area contributed by atoms with Crippen LogP contribution in [0.4, 0.5) is 5.95 Å². The highest BCUT2D eigenvalue weighted by molar-refractivity contribution is 5.59. The van der Waals surface area contributed by atoms with E-state index in [-0.39, 0.29) is 17.2 Å². The van der Waals surface area contributed by atoms with Gasteiger partial charge in [-0.1, -0.05) is 60.7 Å². The summed E-state index contributed by atoms with van der Waals surface area (Å²) in [6, 6.07) is 19.4. The predicted molar refractivity (Wildman–Crippen MR) is 95.0 cm³/mol. The fourth-order valence-corrected chi connectivity index (χ4v) is 2.22. The molecule has 24 heavy (non-hydrogen) atoms. The van der Waals surface area contributed by atoms with Crippen molar-refractivity contribution in [2.75, 3.05) is 5.43 Å². The minimum atomic E-state index is -0.307. The fraction of sp³-hybridized carbons (Fsp3) is 0.111. The number of anilines is 1. The van der Waals surface area contributed by atoms with Gasteiger partial charge in [-0.15, -0.1) is 10.2 Å². The van der Waals surface area contributed by atoms with E-state index in [0.29, 0.717) is 0 Å². The van der Waals surface area contributed by atoms with Crippen LogP contribution in [0, 0.1) is 0 Å². The quantitative estimate of drug-likeness (QED) is 0.540. The van der Waals surface area contributed by atoms with Gasteiger partial charge in [-0.3, -0.25) is 9.78 Å². The van der Waals surface area contributed by atoms with Gasteiger partial charge in [0.2, 0.25) is 5.95 Å². The number of benzene rings is 2. The highest BCUT2D eigenvalue weighted by atomic mass is 16.1. The number of nitrogens with zero attached hydrogens (tertiary/aromatic N) is 3. The van der Waals surface area contributed by atoms with Crippen molar-refractivity contribution >= 4 is 12.2 Å². The molecule has 120 valence electrons. The lowest BCUT2D eigenvalue weighted by atomic mass is 10.1. The Morgan fingerprint density at radius 3 is 2.42 bits per heavy atom. The maximum absolute atomic E-state index is 12.1. The van der Waals surface area contributed by atoms with Gasteiger partial charge in [0.15, 0.2) is 5.69 Å². The van der Waals surface area contributed by atoms with E-state index in [2.05, 4.69) is 37.8 Å². The molecule has 2 aromatic carbocycles. The number of hydrogen-bond donors (Lipinski definition) is 2. The maximum atomic E-state index is 12.1. The molecule has 0 aliphatic rings.